The highest BCUT2D eigenvalue weighted by molar-refractivity contribution is 8.11. The third-order valence-corrected chi connectivity index (χ3v) is 6.28. The zero-order valence-corrected chi connectivity index (χ0v) is 23.7. The molecular weight excluding hydrogens is 511 g/mol. The van der Waals surface area contributed by atoms with Gasteiger partial charge in [-0.2, -0.15) is 0 Å². The third-order valence-electron chi connectivity index (χ3n) is 4.90. The number of quaternary nitrogens is 1. The van der Waals surface area contributed by atoms with Gasteiger partial charge in [0.1, 0.15) is 22.3 Å². The number of rotatable bonds is 10. The summed E-state index contributed by atoms with van der Waals surface area (Å²) < 4.78 is 31.0. The molecule has 6 nitrogen and oxygen atoms in total. The minimum absolute atomic E-state index is 0.0886. The fraction of sp³-hybridized carbons (Fsp3) is 0.296. The number of nitrogens with zero attached hydrogens (tertiary/aromatic N) is 1. The molecule has 0 bridgehead atoms. The van der Waals surface area contributed by atoms with Gasteiger partial charge in [0, 0.05) is 17.7 Å². The third kappa shape index (κ3) is 10.3. The van der Waals surface area contributed by atoms with E-state index in [0.717, 1.165) is 23.9 Å². The second kappa shape index (κ2) is 13.8. The molecule has 0 fully saturated rings. The number of anilines is 1. The molecule has 0 spiro atoms. The first-order valence-electron chi connectivity index (χ1n) is 11.6. The average Bonchev–Trinajstić information content (AvgIpc) is 2.80. The summed E-state index contributed by atoms with van der Waals surface area (Å²) in [6.45, 7) is 3.80. The Hall–Kier alpha value is -2.43. The first-order chi connectivity index (χ1) is 16.9. The molecule has 9 heteroatoms. The van der Waals surface area contributed by atoms with Crippen molar-refractivity contribution < 1.29 is 17.6 Å². The van der Waals surface area contributed by atoms with Crippen molar-refractivity contribution in [1.29, 1.82) is 0 Å². The molecule has 3 aromatic rings. The van der Waals surface area contributed by atoms with Gasteiger partial charge in [-0.05, 0) is 30.7 Å². The van der Waals surface area contributed by atoms with E-state index in [1.807, 2.05) is 6.07 Å². The Morgan fingerprint density at radius 3 is 2.11 bits per heavy atom. The predicted molar refractivity (Wildman–Crippen MR) is 157 cm³/mol. The van der Waals surface area contributed by atoms with E-state index in [1.165, 1.54) is 11.6 Å². The number of sulfonamides is 1. The zero-order chi connectivity index (χ0) is 26.8. The van der Waals surface area contributed by atoms with Crippen LogP contribution in [0, 0.1) is 0 Å². The SMILES string of the molecule is CCCCNc1cc(C(=S)S)cc(S([NH-])(=O)=O)c1Oc1ccccc1.C[N+](C)(C)Cc1ccccc1. The lowest BCUT2D eigenvalue weighted by Gasteiger charge is -2.23. The first-order valence-corrected chi connectivity index (χ1v) is 14.0. The Kier molecular flexibility index (Phi) is 11.4. The molecule has 0 saturated heterocycles. The van der Waals surface area contributed by atoms with Gasteiger partial charge in [0.2, 0.25) is 0 Å². The molecule has 3 rings (SSSR count). The minimum Gasteiger partial charge on any atom is -0.560 e. The molecule has 0 heterocycles. The van der Waals surface area contributed by atoms with E-state index in [4.69, 9.17) is 22.1 Å². The Morgan fingerprint density at radius 1 is 1.03 bits per heavy atom. The molecular formula is C27H35N3O3S3. The zero-order valence-electron chi connectivity index (χ0n) is 21.2. The summed E-state index contributed by atoms with van der Waals surface area (Å²) in [5.74, 6) is 0.567. The van der Waals surface area contributed by atoms with Crippen LogP contribution in [0.5, 0.6) is 11.5 Å². The van der Waals surface area contributed by atoms with E-state index in [-0.39, 0.29) is 14.8 Å². The van der Waals surface area contributed by atoms with Gasteiger partial charge in [-0.15, -0.1) is 12.6 Å². The van der Waals surface area contributed by atoms with E-state index in [0.29, 0.717) is 23.5 Å². The lowest BCUT2D eigenvalue weighted by Crippen LogP contribution is -2.33. The lowest BCUT2D eigenvalue weighted by atomic mass is 10.2. The number of thiol groups is 1. The molecule has 36 heavy (non-hydrogen) atoms. The number of nitrogens with one attached hydrogen (secondary N) is 2. The van der Waals surface area contributed by atoms with Crippen molar-refractivity contribution in [3.05, 3.63) is 89.1 Å². The average molecular weight is 546 g/mol. The van der Waals surface area contributed by atoms with Crippen LogP contribution in [0.15, 0.2) is 77.7 Å². The van der Waals surface area contributed by atoms with Crippen LogP contribution in [0.1, 0.15) is 30.9 Å². The van der Waals surface area contributed by atoms with Crippen molar-refractivity contribution >= 4 is 44.8 Å². The number of ether oxygens (including phenoxy) is 1. The van der Waals surface area contributed by atoms with Crippen LogP contribution >= 0.6 is 24.8 Å². The molecule has 0 radical (unpaired) electrons. The highest BCUT2D eigenvalue weighted by Gasteiger charge is 2.19. The van der Waals surface area contributed by atoms with Gasteiger partial charge < -0.3 is 19.7 Å². The second-order valence-corrected chi connectivity index (χ2v) is 11.9. The largest absolute Gasteiger partial charge is 0.560 e. The van der Waals surface area contributed by atoms with E-state index in [1.54, 1.807) is 30.3 Å². The topological polar surface area (TPSA) is 79.2 Å². The van der Waals surface area contributed by atoms with Gasteiger partial charge >= 0.3 is 0 Å². The Labute approximate surface area is 226 Å². The predicted octanol–water partition coefficient (Wildman–Crippen LogP) is 6.93. The summed E-state index contributed by atoms with van der Waals surface area (Å²) in [5.41, 5.74) is 2.32. The van der Waals surface area contributed by atoms with E-state index in [9.17, 15) is 8.42 Å². The minimum atomic E-state index is -4.27. The summed E-state index contributed by atoms with van der Waals surface area (Å²) in [7, 11) is 2.33. The van der Waals surface area contributed by atoms with Crippen LogP contribution in [0.3, 0.4) is 0 Å². The summed E-state index contributed by atoms with van der Waals surface area (Å²) in [4.78, 5) is -0.246. The van der Waals surface area contributed by atoms with Crippen LogP contribution in [0.4, 0.5) is 5.69 Å². The maximum atomic E-state index is 12.0. The summed E-state index contributed by atoms with van der Waals surface area (Å²) in [6.07, 6.45) is 1.89. The molecule has 0 atom stereocenters. The standard InChI is InChI=1S/C17H20N2O3S3.C10H16N/c1-2-3-9-19-14-10-12(17(23)24)11-15(25(18,20)21)16(14)22-13-7-5-4-6-8-13;1-11(2,3)9-10-7-5-4-6-8-10/h4-8,10-11,19H,2-3,9H2,1H3,(H3,18,20,21,23,24);4-8H,9H2,1-3H3/q;+1/p-1. The molecule has 194 valence electrons. The molecule has 0 saturated carbocycles. The van der Waals surface area contributed by atoms with Crippen LogP contribution in [-0.4, -0.2) is 44.8 Å². The molecule has 0 aliphatic heterocycles. The molecule has 0 unspecified atom stereocenters. The van der Waals surface area contributed by atoms with Crippen molar-refractivity contribution in [2.24, 2.45) is 0 Å². The quantitative estimate of drug-likeness (QED) is 0.125. The monoisotopic (exact) mass is 545 g/mol. The lowest BCUT2D eigenvalue weighted by molar-refractivity contribution is -0.884. The Bertz CT molecular complexity index is 1230. The van der Waals surface area contributed by atoms with E-state index >= 15 is 0 Å². The highest BCUT2D eigenvalue weighted by Crippen LogP contribution is 2.38. The molecule has 0 amide bonds. The van der Waals surface area contributed by atoms with Crippen molar-refractivity contribution in [3.63, 3.8) is 0 Å². The maximum Gasteiger partial charge on any atom is 0.167 e. The van der Waals surface area contributed by atoms with Crippen LogP contribution < -0.4 is 10.1 Å². The molecule has 3 aromatic carbocycles. The molecule has 0 aliphatic rings. The summed E-state index contributed by atoms with van der Waals surface area (Å²) in [6, 6.07) is 22.4. The fourth-order valence-corrected chi connectivity index (χ4v) is 4.22. The van der Waals surface area contributed by atoms with Gasteiger partial charge in [0.05, 0.1) is 35.9 Å². The fourth-order valence-electron chi connectivity index (χ4n) is 3.30. The van der Waals surface area contributed by atoms with Crippen molar-refractivity contribution in [2.45, 2.75) is 31.2 Å². The number of hydrogen-bond acceptors (Lipinski definition) is 5. The van der Waals surface area contributed by atoms with Crippen molar-refractivity contribution in [1.82, 2.24) is 0 Å². The van der Waals surface area contributed by atoms with E-state index < -0.39 is 10.0 Å². The summed E-state index contributed by atoms with van der Waals surface area (Å²) >= 11 is 9.18. The van der Waals surface area contributed by atoms with Crippen molar-refractivity contribution in [3.8, 4) is 11.5 Å². The molecule has 2 N–H and O–H groups in total. The number of unbranched alkanes of at least 4 members (excludes halogenated alkanes) is 1. The summed E-state index contributed by atoms with van der Waals surface area (Å²) in [5, 5.41) is 10.7. The second-order valence-electron chi connectivity index (χ2n) is 9.29. The van der Waals surface area contributed by atoms with Gasteiger partial charge in [-0.25, -0.2) is 8.42 Å². The molecule has 0 aliphatic carbocycles. The van der Waals surface area contributed by atoms with Crippen LogP contribution in [0.25, 0.3) is 5.14 Å². The number of hydrogen-bond donors (Lipinski definition) is 2. The number of benzene rings is 3. The highest BCUT2D eigenvalue weighted by atomic mass is 32.2. The van der Waals surface area contributed by atoms with Gasteiger partial charge in [-0.1, -0.05) is 74.1 Å². The number of para-hydroxylation sites is 1. The molecule has 0 aromatic heterocycles. The number of thiocarbonyl (C=S) groups is 1. The van der Waals surface area contributed by atoms with E-state index in [2.05, 4.69) is 76.3 Å². The van der Waals surface area contributed by atoms with Gasteiger partial charge in [-0.3, -0.25) is 0 Å². The smallest absolute Gasteiger partial charge is 0.167 e. The maximum absolute atomic E-state index is 12.0. The normalized spacial score (nSPS) is 11.3. The van der Waals surface area contributed by atoms with Gasteiger partial charge in [0.15, 0.2) is 5.75 Å². The van der Waals surface area contributed by atoms with Crippen molar-refractivity contribution in [2.75, 3.05) is 33.0 Å². The Morgan fingerprint density at radius 2 is 1.61 bits per heavy atom. The van der Waals surface area contributed by atoms with Gasteiger partial charge in [0.25, 0.3) is 0 Å². The van der Waals surface area contributed by atoms with Crippen LogP contribution in [0.2, 0.25) is 0 Å². The van der Waals surface area contributed by atoms with Crippen LogP contribution in [-0.2, 0) is 16.6 Å². The Balaban J connectivity index is 0.000000346. The first kappa shape index (κ1) is 29.8.